The Hall–Kier alpha value is -4.05. The summed E-state index contributed by atoms with van der Waals surface area (Å²) in [5.41, 5.74) is 1.58. The minimum absolute atomic E-state index is 0.00524. The summed E-state index contributed by atoms with van der Waals surface area (Å²) in [5.74, 6) is 0.866. The fraction of sp³-hybridized carbons (Fsp3) is 0.476. The van der Waals surface area contributed by atoms with Crippen LogP contribution < -0.4 is 9.47 Å². The van der Waals surface area contributed by atoms with E-state index in [1.54, 1.807) is 14.2 Å². The van der Waals surface area contributed by atoms with Crippen molar-refractivity contribution >= 4 is 25.6 Å². The lowest BCUT2D eigenvalue weighted by Gasteiger charge is -2.37. The molecule has 0 bridgehead atoms. The van der Waals surface area contributed by atoms with E-state index in [2.05, 4.69) is 11.1 Å². The van der Waals surface area contributed by atoms with Gasteiger partial charge in [-0.15, -0.1) is 0 Å². The third kappa shape index (κ3) is 11.0. The maximum atomic E-state index is 12.5. The lowest BCUT2D eigenvalue weighted by molar-refractivity contribution is -0.153. The standard InChI is InChI=1S/C42H52NO11P/c1-29(44)13-22-41(45)53-37-25-30(2)52-40(37)28-50-55(7,49-24-23-43-4)54-38-26-31(3)51-39(38)27-48-42(32-11-9-8-10-12-32,33-14-18-35(46-5)19-15-33)34-16-20-36(47-6)21-17-34/h8-12,14-21,30-31,37-40H,7,13,22-28H2,1-3,5-6H3/t30-,31-,37?,38?,39+,40+,55?/m0/s1. The minimum Gasteiger partial charge on any atom is -0.497 e. The van der Waals surface area contributed by atoms with E-state index in [0.717, 1.165) is 16.7 Å². The van der Waals surface area contributed by atoms with Crippen molar-refractivity contribution in [3.05, 3.63) is 107 Å². The highest BCUT2D eigenvalue weighted by molar-refractivity contribution is 7.59. The molecule has 296 valence electrons. The number of rotatable bonds is 20. The van der Waals surface area contributed by atoms with E-state index >= 15 is 0 Å². The molecular weight excluding hydrogens is 725 g/mol. The number of ketones is 1. The molecule has 12 nitrogen and oxygen atoms in total. The van der Waals surface area contributed by atoms with Gasteiger partial charge < -0.3 is 51.6 Å². The van der Waals surface area contributed by atoms with Crippen LogP contribution in [0.4, 0.5) is 0 Å². The molecular formula is C42H52NO11P. The Bertz CT molecular complexity index is 1730. The zero-order valence-corrected chi connectivity index (χ0v) is 33.1. The molecule has 5 rings (SSSR count). The van der Waals surface area contributed by atoms with Crippen LogP contribution in [0.5, 0.6) is 11.5 Å². The normalized spacial score (nSPS) is 23.4. The quantitative estimate of drug-likeness (QED) is 0.0382. The molecule has 0 aromatic heterocycles. The van der Waals surface area contributed by atoms with Gasteiger partial charge in [0.15, 0.2) is 0 Å². The zero-order chi connectivity index (χ0) is 39.4. The molecule has 0 aliphatic carbocycles. The van der Waals surface area contributed by atoms with E-state index < -0.39 is 43.6 Å². The average Bonchev–Trinajstić information content (AvgIpc) is 3.73. The molecule has 3 aromatic carbocycles. The average molecular weight is 778 g/mol. The van der Waals surface area contributed by atoms with Gasteiger partial charge in [0.1, 0.15) is 47.8 Å². The molecule has 2 saturated heterocycles. The SMILES string of the molecule is [C-]#[N+]CCOP(=C)(OC[C@H]1O[C@@H](C)CC1OC(=O)CCC(C)=O)OC1C[C@H](C)O[C@@H]1COC(c1ccccc1)(c1ccc(OC)cc1)c1ccc(OC)cc1. The third-order valence-electron chi connectivity index (χ3n) is 9.60. The smallest absolute Gasteiger partial charge is 0.306 e. The van der Waals surface area contributed by atoms with E-state index in [1.165, 1.54) is 6.92 Å². The summed E-state index contributed by atoms with van der Waals surface area (Å²) in [6.45, 7) is 12.8. The van der Waals surface area contributed by atoms with Gasteiger partial charge in [0.25, 0.3) is 7.57 Å². The number of carbonyl (C=O) groups is 2. The van der Waals surface area contributed by atoms with Crippen LogP contribution in [0.2, 0.25) is 0 Å². The van der Waals surface area contributed by atoms with E-state index in [1.807, 2.05) is 92.7 Å². The topological polar surface area (TPSA) is 122 Å². The number of ether oxygens (including phenoxy) is 6. The van der Waals surface area contributed by atoms with Gasteiger partial charge in [0.05, 0.1) is 52.2 Å². The number of methoxy groups -OCH3 is 2. The summed E-state index contributed by atoms with van der Waals surface area (Å²) in [6.07, 6.45) is 2.72. The highest BCUT2D eigenvalue weighted by Gasteiger charge is 2.44. The Morgan fingerprint density at radius 2 is 1.35 bits per heavy atom. The molecule has 2 aliphatic heterocycles. The van der Waals surface area contributed by atoms with Crippen LogP contribution in [0.25, 0.3) is 4.85 Å². The van der Waals surface area contributed by atoms with Gasteiger partial charge in [-0.1, -0.05) is 54.6 Å². The van der Waals surface area contributed by atoms with Crippen molar-refractivity contribution in [2.24, 2.45) is 0 Å². The highest BCUT2D eigenvalue weighted by atomic mass is 31.2. The predicted octanol–water partition coefficient (Wildman–Crippen LogP) is 7.18. The zero-order valence-electron chi connectivity index (χ0n) is 32.2. The molecule has 7 atom stereocenters. The van der Waals surface area contributed by atoms with Crippen LogP contribution in [0.1, 0.15) is 63.1 Å². The first kappa shape index (κ1) is 42.1. The summed E-state index contributed by atoms with van der Waals surface area (Å²) in [7, 11) is -0.0881. The summed E-state index contributed by atoms with van der Waals surface area (Å²) in [6, 6.07) is 25.6. The van der Waals surface area contributed by atoms with Gasteiger partial charge in [-0.25, -0.2) is 6.57 Å². The molecule has 3 unspecified atom stereocenters. The third-order valence-corrected chi connectivity index (χ3v) is 11.3. The maximum absolute atomic E-state index is 12.5. The molecule has 0 radical (unpaired) electrons. The highest BCUT2D eigenvalue weighted by Crippen LogP contribution is 2.53. The lowest BCUT2D eigenvalue weighted by atomic mass is 9.80. The maximum Gasteiger partial charge on any atom is 0.306 e. The van der Waals surface area contributed by atoms with E-state index in [4.69, 9.17) is 48.6 Å². The predicted molar refractivity (Wildman–Crippen MR) is 208 cm³/mol. The molecule has 3 aromatic rings. The van der Waals surface area contributed by atoms with Crippen molar-refractivity contribution in [2.75, 3.05) is 40.6 Å². The Morgan fingerprint density at radius 3 is 1.89 bits per heavy atom. The van der Waals surface area contributed by atoms with Crippen molar-refractivity contribution in [3.63, 3.8) is 0 Å². The van der Waals surface area contributed by atoms with Crippen LogP contribution in [-0.2, 0) is 47.7 Å². The van der Waals surface area contributed by atoms with Gasteiger partial charge in [0, 0.05) is 19.3 Å². The van der Waals surface area contributed by atoms with Crippen LogP contribution >= 0.6 is 7.57 Å². The van der Waals surface area contributed by atoms with E-state index in [0.29, 0.717) is 24.3 Å². The van der Waals surface area contributed by atoms with Crippen molar-refractivity contribution in [1.82, 2.24) is 0 Å². The molecule has 0 N–H and O–H groups in total. The number of hydrogen-bond acceptors (Lipinski definition) is 11. The van der Waals surface area contributed by atoms with Gasteiger partial charge >= 0.3 is 5.97 Å². The molecule has 2 aliphatic rings. The first-order chi connectivity index (χ1) is 26.5. The summed E-state index contributed by atoms with van der Waals surface area (Å²) < 4.78 is 55.4. The number of hydrogen-bond donors (Lipinski definition) is 0. The number of Topliss-reactive ketones (excluding diaryl/α,β-unsaturated/α-hetero) is 1. The number of nitrogens with zero attached hydrogens (tertiary/aromatic N) is 1. The van der Waals surface area contributed by atoms with Crippen molar-refractivity contribution in [2.45, 2.75) is 88.7 Å². The van der Waals surface area contributed by atoms with E-state index in [-0.39, 0.29) is 57.2 Å². The Labute approximate surface area is 324 Å². The summed E-state index contributed by atoms with van der Waals surface area (Å²) >= 11 is 0. The molecule has 2 fully saturated rings. The van der Waals surface area contributed by atoms with Crippen molar-refractivity contribution < 1.29 is 51.6 Å². The van der Waals surface area contributed by atoms with Gasteiger partial charge in [-0.2, -0.15) is 0 Å². The molecule has 0 saturated carbocycles. The number of benzene rings is 3. The van der Waals surface area contributed by atoms with Gasteiger partial charge in [0.2, 0.25) is 6.54 Å². The molecule has 13 heteroatoms. The fourth-order valence-corrected chi connectivity index (χ4v) is 8.44. The second-order valence-electron chi connectivity index (χ2n) is 13.8. The van der Waals surface area contributed by atoms with Crippen LogP contribution in [0.15, 0.2) is 78.9 Å². The van der Waals surface area contributed by atoms with Gasteiger partial charge in [-0.05, 0) is 68.0 Å². The fourth-order valence-electron chi connectivity index (χ4n) is 6.87. The lowest BCUT2D eigenvalue weighted by Crippen LogP contribution is -2.38. The van der Waals surface area contributed by atoms with Crippen LogP contribution in [0.3, 0.4) is 0 Å². The Balaban J connectivity index is 1.40. The molecule has 2 heterocycles. The first-order valence-corrected chi connectivity index (χ1v) is 20.2. The Morgan fingerprint density at radius 1 is 0.800 bits per heavy atom. The Kier molecular flexibility index (Phi) is 15.1. The summed E-state index contributed by atoms with van der Waals surface area (Å²) in [4.78, 5) is 27.3. The van der Waals surface area contributed by atoms with Crippen molar-refractivity contribution in [1.29, 1.82) is 0 Å². The second kappa shape index (κ2) is 19.7. The largest absolute Gasteiger partial charge is 0.497 e. The van der Waals surface area contributed by atoms with Crippen molar-refractivity contribution in [3.8, 4) is 11.5 Å². The van der Waals surface area contributed by atoms with Gasteiger partial charge in [-0.3, -0.25) is 4.79 Å². The molecule has 0 amide bonds. The first-order valence-electron chi connectivity index (χ1n) is 18.5. The van der Waals surface area contributed by atoms with Crippen LogP contribution in [-0.4, -0.2) is 95.3 Å². The summed E-state index contributed by atoms with van der Waals surface area (Å²) in [5, 5.41) is 0. The second-order valence-corrected chi connectivity index (χ2v) is 15.7. The molecule has 55 heavy (non-hydrogen) atoms. The number of esters is 1. The number of carbonyl (C=O) groups excluding carboxylic acids is 2. The van der Waals surface area contributed by atoms with Crippen LogP contribution in [0, 0.1) is 6.57 Å². The van der Waals surface area contributed by atoms with E-state index in [9.17, 15) is 9.59 Å². The minimum atomic E-state index is -3.35. The molecule has 0 spiro atoms. The monoisotopic (exact) mass is 777 g/mol.